The van der Waals surface area contributed by atoms with Crippen LogP contribution in [0.4, 0.5) is 5.82 Å². The molecule has 0 unspecified atom stereocenters. The number of rotatable bonds is 5. The molecular formula is C17H20N6OS. The second-order valence-electron chi connectivity index (χ2n) is 6.03. The van der Waals surface area contributed by atoms with Crippen LogP contribution in [-0.4, -0.2) is 64.4 Å². The predicted octanol–water partition coefficient (Wildman–Crippen LogP) is 1.99. The minimum absolute atomic E-state index is 0.588. The SMILES string of the molecule is Cc1ccc(OCCN2CCN(c3ncnc4sccc34)CC2)nn1. The topological polar surface area (TPSA) is 67.3 Å². The molecule has 4 heterocycles. The Hall–Kier alpha value is -2.32. The minimum atomic E-state index is 0.588. The average Bonchev–Trinajstić information content (AvgIpc) is 3.13. The van der Waals surface area contributed by atoms with Crippen molar-refractivity contribution in [2.75, 3.05) is 44.2 Å². The summed E-state index contributed by atoms with van der Waals surface area (Å²) in [6, 6.07) is 5.88. The van der Waals surface area contributed by atoms with E-state index in [0.717, 1.165) is 54.5 Å². The number of piperazine rings is 1. The number of hydrogen-bond donors (Lipinski definition) is 0. The van der Waals surface area contributed by atoms with Crippen molar-refractivity contribution in [3.8, 4) is 5.88 Å². The molecule has 1 aliphatic heterocycles. The van der Waals surface area contributed by atoms with E-state index in [2.05, 4.69) is 41.4 Å². The molecule has 0 bridgehead atoms. The van der Waals surface area contributed by atoms with E-state index in [9.17, 15) is 0 Å². The monoisotopic (exact) mass is 356 g/mol. The van der Waals surface area contributed by atoms with Crippen molar-refractivity contribution in [3.63, 3.8) is 0 Å². The molecule has 0 radical (unpaired) electrons. The molecule has 0 aromatic carbocycles. The molecule has 1 aliphatic rings. The van der Waals surface area contributed by atoms with Crippen LogP contribution < -0.4 is 9.64 Å². The first-order chi connectivity index (χ1) is 12.3. The third-order valence-corrected chi connectivity index (χ3v) is 5.16. The normalized spacial score (nSPS) is 15.6. The number of ether oxygens (including phenoxy) is 1. The number of hydrogen-bond acceptors (Lipinski definition) is 8. The molecule has 130 valence electrons. The van der Waals surface area contributed by atoms with Crippen LogP contribution in [0.3, 0.4) is 0 Å². The van der Waals surface area contributed by atoms with Crippen molar-refractivity contribution >= 4 is 27.4 Å². The highest BCUT2D eigenvalue weighted by atomic mass is 32.1. The zero-order valence-corrected chi connectivity index (χ0v) is 14.9. The zero-order chi connectivity index (χ0) is 17.1. The molecule has 7 nitrogen and oxygen atoms in total. The maximum Gasteiger partial charge on any atom is 0.233 e. The molecule has 0 spiro atoms. The van der Waals surface area contributed by atoms with Gasteiger partial charge in [0.05, 0.1) is 11.1 Å². The molecule has 0 saturated carbocycles. The second kappa shape index (κ2) is 7.28. The van der Waals surface area contributed by atoms with Gasteiger partial charge in [-0.2, -0.15) is 5.10 Å². The van der Waals surface area contributed by atoms with Crippen molar-refractivity contribution in [2.24, 2.45) is 0 Å². The first-order valence-electron chi connectivity index (χ1n) is 8.38. The smallest absolute Gasteiger partial charge is 0.233 e. The number of aromatic nitrogens is 4. The van der Waals surface area contributed by atoms with Crippen LogP contribution in [0, 0.1) is 6.92 Å². The molecule has 0 N–H and O–H groups in total. The lowest BCUT2D eigenvalue weighted by atomic mass is 10.3. The van der Waals surface area contributed by atoms with E-state index in [1.54, 1.807) is 17.7 Å². The maximum atomic E-state index is 5.67. The molecule has 4 rings (SSSR count). The Kier molecular flexibility index (Phi) is 4.71. The van der Waals surface area contributed by atoms with Crippen molar-refractivity contribution in [2.45, 2.75) is 6.92 Å². The Bertz CT molecular complexity index is 829. The highest BCUT2D eigenvalue weighted by molar-refractivity contribution is 7.16. The van der Waals surface area contributed by atoms with E-state index < -0.39 is 0 Å². The average molecular weight is 356 g/mol. The number of aryl methyl sites for hydroxylation is 1. The largest absolute Gasteiger partial charge is 0.475 e. The van der Waals surface area contributed by atoms with Crippen LogP contribution in [0.25, 0.3) is 10.2 Å². The molecule has 1 saturated heterocycles. The first-order valence-corrected chi connectivity index (χ1v) is 9.26. The van der Waals surface area contributed by atoms with E-state index in [4.69, 9.17) is 4.74 Å². The molecule has 3 aromatic heterocycles. The minimum Gasteiger partial charge on any atom is -0.475 e. The molecule has 8 heteroatoms. The third kappa shape index (κ3) is 3.69. The summed E-state index contributed by atoms with van der Waals surface area (Å²) in [5, 5.41) is 11.3. The summed E-state index contributed by atoms with van der Waals surface area (Å²) in [5.41, 5.74) is 0.896. The Morgan fingerprint density at radius 1 is 1.08 bits per heavy atom. The fraction of sp³-hybridized carbons (Fsp3) is 0.412. The maximum absolute atomic E-state index is 5.67. The molecule has 25 heavy (non-hydrogen) atoms. The van der Waals surface area contributed by atoms with Gasteiger partial charge in [-0.3, -0.25) is 4.90 Å². The van der Waals surface area contributed by atoms with Gasteiger partial charge in [-0.05, 0) is 24.4 Å². The molecule has 1 fully saturated rings. The van der Waals surface area contributed by atoms with Crippen molar-refractivity contribution in [1.82, 2.24) is 25.1 Å². The van der Waals surface area contributed by atoms with Crippen molar-refractivity contribution < 1.29 is 4.74 Å². The molecule has 0 amide bonds. The van der Waals surface area contributed by atoms with Crippen LogP contribution >= 0.6 is 11.3 Å². The molecule has 3 aromatic rings. The van der Waals surface area contributed by atoms with Gasteiger partial charge in [0.2, 0.25) is 5.88 Å². The first kappa shape index (κ1) is 16.2. The van der Waals surface area contributed by atoms with Crippen LogP contribution in [0.15, 0.2) is 29.9 Å². The van der Waals surface area contributed by atoms with Gasteiger partial charge in [-0.1, -0.05) is 0 Å². The van der Waals surface area contributed by atoms with E-state index >= 15 is 0 Å². The third-order valence-electron chi connectivity index (χ3n) is 4.34. The number of thiophene rings is 1. The van der Waals surface area contributed by atoms with E-state index in [1.165, 1.54) is 0 Å². The number of nitrogens with zero attached hydrogens (tertiary/aromatic N) is 6. The van der Waals surface area contributed by atoms with Crippen LogP contribution in [0.5, 0.6) is 5.88 Å². The number of fused-ring (bicyclic) bond motifs is 1. The van der Waals surface area contributed by atoms with Gasteiger partial charge in [-0.15, -0.1) is 16.4 Å². The molecule has 0 aliphatic carbocycles. The van der Waals surface area contributed by atoms with Gasteiger partial charge in [0.15, 0.2) is 0 Å². The van der Waals surface area contributed by atoms with Crippen LogP contribution in [-0.2, 0) is 0 Å². The van der Waals surface area contributed by atoms with E-state index in [0.29, 0.717) is 12.5 Å². The second-order valence-corrected chi connectivity index (χ2v) is 6.92. The fourth-order valence-electron chi connectivity index (χ4n) is 2.96. The number of anilines is 1. The molecular weight excluding hydrogens is 336 g/mol. The van der Waals surface area contributed by atoms with Gasteiger partial charge in [0.25, 0.3) is 0 Å². The lowest BCUT2D eigenvalue weighted by molar-refractivity contribution is 0.196. The summed E-state index contributed by atoms with van der Waals surface area (Å²) < 4.78 is 5.67. The summed E-state index contributed by atoms with van der Waals surface area (Å²) in [6.07, 6.45) is 1.66. The summed E-state index contributed by atoms with van der Waals surface area (Å²) in [4.78, 5) is 14.6. The van der Waals surface area contributed by atoms with E-state index in [1.807, 2.05) is 19.1 Å². The summed E-state index contributed by atoms with van der Waals surface area (Å²) in [5.74, 6) is 1.64. The lowest BCUT2D eigenvalue weighted by Gasteiger charge is -2.35. The zero-order valence-electron chi connectivity index (χ0n) is 14.1. The Balaban J connectivity index is 1.28. The Labute approximate surface area is 150 Å². The lowest BCUT2D eigenvalue weighted by Crippen LogP contribution is -2.47. The highest BCUT2D eigenvalue weighted by Crippen LogP contribution is 2.27. The molecule has 0 atom stereocenters. The van der Waals surface area contributed by atoms with Crippen molar-refractivity contribution in [1.29, 1.82) is 0 Å². The van der Waals surface area contributed by atoms with Gasteiger partial charge < -0.3 is 9.64 Å². The summed E-state index contributed by atoms with van der Waals surface area (Å²) in [6.45, 7) is 7.36. The van der Waals surface area contributed by atoms with Crippen molar-refractivity contribution in [3.05, 3.63) is 35.6 Å². The van der Waals surface area contributed by atoms with Crippen LogP contribution in [0.2, 0.25) is 0 Å². The van der Waals surface area contributed by atoms with E-state index in [-0.39, 0.29) is 0 Å². The Morgan fingerprint density at radius 3 is 2.76 bits per heavy atom. The van der Waals surface area contributed by atoms with Gasteiger partial charge >= 0.3 is 0 Å². The van der Waals surface area contributed by atoms with Gasteiger partial charge in [0, 0.05) is 38.8 Å². The fourth-order valence-corrected chi connectivity index (χ4v) is 3.68. The van der Waals surface area contributed by atoms with Gasteiger partial charge in [-0.25, -0.2) is 9.97 Å². The highest BCUT2D eigenvalue weighted by Gasteiger charge is 2.20. The quantitative estimate of drug-likeness (QED) is 0.692. The summed E-state index contributed by atoms with van der Waals surface area (Å²) >= 11 is 1.66. The predicted molar refractivity (Wildman–Crippen MR) is 98.3 cm³/mol. The summed E-state index contributed by atoms with van der Waals surface area (Å²) in [7, 11) is 0. The van der Waals surface area contributed by atoms with Crippen LogP contribution in [0.1, 0.15) is 5.69 Å². The Morgan fingerprint density at radius 2 is 1.96 bits per heavy atom. The van der Waals surface area contributed by atoms with Gasteiger partial charge in [0.1, 0.15) is 23.6 Å². The standard InChI is InChI=1S/C17H20N6OS/c1-13-2-3-15(21-20-13)24-10-9-22-5-7-23(8-6-22)16-14-4-11-25-17(14)19-12-18-16/h2-4,11-12H,5-10H2,1H3.